The van der Waals surface area contributed by atoms with Crippen molar-refractivity contribution >= 4 is 17.8 Å². The summed E-state index contributed by atoms with van der Waals surface area (Å²) in [6.07, 6.45) is 8.10. The zero-order valence-corrected chi connectivity index (χ0v) is 23.5. The van der Waals surface area contributed by atoms with Crippen LogP contribution in [0.15, 0.2) is 46.6 Å². The Morgan fingerprint density at radius 1 is 1.21 bits per heavy atom. The third kappa shape index (κ3) is 11.2. The van der Waals surface area contributed by atoms with E-state index in [2.05, 4.69) is 15.6 Å². The number of aliphatic hydroxyl groups excluding tert-OH is 1. The van der Waals surface area contributed by atoms with Crippen LogP contribution in [-0.4, -0.2) is 72.7 Å². The van der Waals surface area contributed by atoms with Gasteiger partial charge in [-0.15, -0.1) is 0 Å². The molecule has 0 spiro atoms. The highest BCUT2D eigenvalue weighted by molar-refractivity contribution is 5.94. The summed E-state index contributed by atoms with van der Waals surface area (Å²) < 4.78 is 21.8. The number of oxazole rings is 1. The van der Waals surface area contributed by atoms with Gasteiger partial charge in [0.15, 0.2) is 11.6 Å². The van der Waals surface area contributed by atoms with Crippen molar-refractivity contribution in [1.29, 1.82) is 0 Å². The molecule has 0 unspecified atom stereocenters. The van der Waals surface area contributed by atoms with Gasteiger partial charge in [-0.05, 0) is 25.8 Å². The third-order valence-corrected chi connectivity index (χ3v) is 6.02. The van der Waals surface area contributed by atoms with Crippen molar-refractivity contribution in [2.75, 3.05) is 20.4 Å². The molecule has 2 rings (SSSR count). The first-order valence-electron chi connectivity index (χ1n) is 13.1. The number of amides is 2. The van der Waals surface area contributed by atoms with Gasteiger partial charge in [0.1, 0.15) is 25.2 Å². The fourth-order valence-corrected chi connectivity index (χ4v) is 4.00. The lowest BCUT2D eigenvalue weighted by Crippen LogP contribution is -2.42. The average Bonchev–Trinajstić information content (AvgIpc) is 3.34. The third-order valence-electron chi connectivity index (χ3n) is 6.02. The molecule has 2 amide bonds. The normalized spacial score (nSPS) is 29.5. The number of methoxy groups -OCH3 is 1. The van der Waals surface area contributed by atoms with Crippen molar-refractivity contribution in [3.63, 3.8) is 0 Å². The smallest absolute Gasteiger partial charge is 0.328 e. The van der Waals surface area contributed by atoms with Crippen LogP contribution in [0.1, 0.15) is 57.4 Å². The van der Waals surface area contributed by atoms with Gasteiger partial charge in [-0.2, -0.15) is 0 Å². The number of aromatic nitrogens is 1. The minimum atomic E-state index is -0.949. The molecule has 2 heterocycles. The largest absolute Gasteiger partial charge is 0.460 e. The Labute approximate surface area is 229 Å². The number of hydrogen-bond donors (Lipinski definition) is 3. The van der Waals surface area contributed by atoms with E-state index in [9.17, 15) is 19.5 Å². The SMILES string of the molecule is COCO[C@H]1Cc2nc(co2)C(=O)N[C@H](C)C(=O)O[C@H](C(C)C)[C@H](C)/C=C/C(=O)NC/C=C/C(C)=C/[C@@H](O)C1. The number of rotatable bonds is 4. The van der Waals surface area contributed by atoms with Gasteiger partial charge in [-0.3, -0.25) is 9.59 Å². The van der Waals surface area contributed by atoms with Gasteiger partial charge < -0.3 is 34.4 Å². The fraction of sp³-hybridized carbons (Fsp3) is 0.571. The first-order valence-corrected chi connectivity index (χ1v) is 13.1. The van der Waals surface area contributed by atoms with E-state index in [1.807, 2.05) is 27.7 Å². The lowest BCUT2D eigenvalue weighted by atomic mass is 9.94. The first kappa shape index (κ1) is 31.9. The van der Waals surface area contributed by atoms with E-state index in [-0.39, 0.29) is 49.0 Å². The van der Waals surface area contributed by atoms with Gasteiger partial charge in [0, 0.05) is 26.0 Å². The number of aliphatic hydroxyl groups is 1. The number of fused-ring (bicyclic) bond motifs is 2. The van der Waals surface area contributed by atoms with Crippen LogP contribution in [0.3, 0.4) is 0 Å². The molecule has 1 aromatic rings. The van der Waals surface area contributed by atoms with E-state index < -0.39 is 36.2 Å². The van der Waals surface area contributed by atoms with Crippen LogP contribution in [0, 0.1) is 11.8 Å². The Morgan fingerprint density at radius 3 is 2.64 bits per heavy atom. The van der Waals surface area contributed by atoms with Crippen LogP contribution < -0.4 is 10.6 Å². The lowest BCUT2D eigenvalue weighted by molar-refractivity contribution is -0.155. The highest BCUT2D eigenvalue weighted by Gasteiger charge is 2.28. The maximum atomic E-state index is 12.8. The second kappa shape index (κ2) is 16.0. The number of nitrogens with one attached hydrogen (secondary N) is 2. The Morgan fingerprint density at radius 2 is 1.95 bits per heavy atom. The Balaban J connectivity index is 2.29. The lowest BCUT2D eigenvalue weighted by Gasteiger charge is -2.27. The molecule has 0 fully saturated rings. The van der Waals surface area contributed by atoms with Crippen LogP contribution in [0.25, 0.3) is 0 Å². The number of hydrogen-bond acceptors (Lipinski definition) is 9. The quantitative estimate of drug-likeness (QED) is 0.382. The van der Waals surface area contributed by atoms with Crippen molar-refractivity contribution in [3.8, 4) is 0 Å². The van der Waals surface area contributed by atoms with Gasteiger partial charge in [0.05, 0.1) is 18.6 Å². The van der Waals surface area contributed by atoms with E-state index >= 15 is 0 Å². The van der Waals surface area contributed by atoms with Crippen molar-refractivity contribution < 1.29 is 38.1 Å². The van der Waals surface area contributed by atoms with E-state index in [1.165, 1.54) is 26.4 Å². The average molecular weight is 548 g/mol. The van der Waals surface area contributed by atoms with Crippen molar-refractivity contribution in [2.45, 2.75) is 71.8 Å². The summed E-state index contributed by atoms with van der Waals surface area (Å²) in [5.74, 6) is -1.54. The molecule has 39 heavy (non-hydrogen) atoms. The Hall–Kier alpha value is -3.28. The molecular weight excluding hydrogens is 506 g/mol. The standard InChI is InChI=1S/C28H41N3O8/c1-17(2)26-19(4)9-10-24(33)29-11-7-8-18(3)12-21(32)13-22(38-16-36-6)14-25-31-23(15-37-25)27(34)30-20(5)28(35)39-26/h7-10,12,15,17,19-22,26,32H,11,13-14,16H2,1-6H3,(H,29,33)(H,30,34)/b8-7+,10-9+,18-12+/t19-,20-,21-,22-,26-/m1/s1. The predicted molar refractivity (Wildman–Crippen MR) is 143 cm³/mol. The van der Waals surface area contributed by atoms with E-state index in [0.717, 1.165) is 5.57 Å². The second-order valence-electron chi connectivity index (χ2n) is 9.95. The maximum Gasteiger partial charge on any atom is 0.328 e. The summed E-state index contributed by atoms with van der Waals surface area (Å²) in [5.41, 5.74) is 0.799. The van der Waals surface area contributed by atoms with E-state index in [1.54, 1.807) is 24.3 Å². The molecule has 0 radical (unpaired) electrons. The monoisotopic (exact) mass is 547 g/mol. The van der Waals surface area contributed by atoms with Crippen LogP contribution in [0.4, 0.5) is 0 Å². The zero-order chi connectivity index (χ0) is 28.9. The number of ether oxygens (including phenoxy) is 3. The van der Waals surface area contributed by atoms with Gasteiger partial charge in [-0.25, -0.2) is 9.78 Å². The fourth-order valence-electron chi connectivity index (χ4n) is 4.00. The number of carbonyl (C=O) groups is 3. The summed E-state index contributed by atoms with van der Waals surface area (Å²) in [7, 11) is 1.49. The Bertz CT molecular complexity index is 1050. The summed E-state index contributed by atoms with van der Waals surface area (Å²) in [4.78, 5) is 42.0. The second-order valence-corrected chi connectivity index (χ2v) is 9.95. The molecule has 216 valence electrons. The predicted octanol–water partition coefficient (Wildman–Crippen LogP) is 2.47. The van der Waals surface area contributed by atoms with Crippen molar-refractivity contribution in [1.82, 2.24) is 15.6 Å². The maximum absolute atomic E-state index is 12.8. The van der Waals surface area contributed by atoms with Gasteiger partial charge in [0.2, 0.25) is 5.91 Å². The highest BCUT2D eigenvalue weighted by Crippen LogP contribution is 2.19. The van der Waals surface area contributed by atoms with Crippen molar-refractivity contribution in [3.05, 3.63) is 53.8 Å². The van der Waals surface area contributed by atoms with Crippen LogP contribution in [0.2, 0.25) is 0 Å². The minimum Gasteiger partial charge on any atom is -0.460 e. The number of esters is 1. The highest BCUT2D eigenvalue weighted by atomic mass is 16.7. The molecule has 11 nitrogen and oxygen atoms in total. The van der Waals surface area contributed by atoms with Gasteiger partial charge in [0.25, 0.3) is 5.91 Å². The topological polar surface area (TPSA) is 149 Å². The van der Waals surface area contributed by atoms with Crippen LogP contribution in [0.5, 0.6) is 0 Å². The summed E-state index contributed by atoms with van der Waals surface area (Å²) in [6.45, 7) is 9.33. The molecule has 5 atom stereocenters. The minimum absolute atomic E-state index is 0.00215. The van der Waals surface area contributed by atoms with Crippen molar-refractivity contribution in [2.24, 2.45) is 11.8 Å². The zero-order valence-electron chi connectivity index (χ0n) is 23.5. The molecule has 1 aliphatic heterocycles. The molecule has 11 heteroatoms. The molecule has 0 aromatic carbocycles. The van der Waals surface area contributed by atoms with Crippen LogP contribution >= 0.6 is 0 Å². The van der Waals surface area contributed by atoms with Gasteiger partial charge >= 0.3 is 5.97 Å². The molecule has 2 bridgehead atoms. The summed E-state index contributed by atoms with van der Waals surface area (Å²) in [6, 6.07) is -0.949. The molecule has 1 aromatic heterocycles. The number of carbonyl (C=O) groups excluding carboxylic acids is 3. The van der Waals surface area contributed by atoms with E-state index in [4.69, 9.17) is 18.6 Å². The number of cyclic esters (lactones) is 1. The molecule has 0 saturated heterocycles. The van der Waals surface area contributed by atoms with Gasteiger partial charge in [-0.1, -0.05) is 50.6 Å². The first-order chi connectivity index (χ1) is 18.5. The van der Waals surface area contributed by atoms with Crippen LogP contribution in [-0.2, 0) is 30.2 Å². The molecule has 3 N–H and O–H groups in total. The number of allylic oxidation sites excluding steroid dienone is 2. The summed E-state index contributed by atoms with van der Waals surface area (Å²) >= 11 is 0. The molecule has 0 saturated carbocycles. The molecule has 1 aliphatic rings. The molecule has 0 aliphatic carbocycles. The Kier molecular flexibility index (Phi) is 13.1. The number of nitrogens with zero attached hydrogens (tertiary/aromatic N) is 1. The molecular formula is C28H41N3O8. The summed E-state index contributed by atoms with van der Waals surface area (Å²) in [5, 5.41) is 15.9. The van der Waals surface area contributed by atoms with E-state index in [0.29, 0.717) is 6.54 Å².